The first-order valence-electron chi connectivity index (χ1n) is 5.58. The molecule has 108 valence electrons. The Hall–Kier alpha value is -2.13. The lowest BCUT2D eigenvalue weighted by molar-refractivity contribution is -0.387. The van der Waals surface area contributed by atoms with Gasteiger partial charge < -0.3 is 10.8 Å². The van der Waals surface area contributed by atoms with Crippen molar-refractivity contribution >= 4 is 29.5 Å². The van der Waals surface area contributed by atoms with Crippen molar-refractivity contribution in [3.8, 4) is 0 Å². The van der Waals surface area contributed by atoms with Crippen molar-refractivity contribution in [1.82, 2.24) is 4.72 Å². The number of para-hydroxylation sites is 1. The zero-order valence-electron chi connectivity index (χ0n) is 10.3. The van der Waals surface area contributed by atoms with Crippen molar-refractivity contribution in [2.45, 2.75) is 23.8 Å². The van der Waals surface area contributed by atoms with Crippen LogP contribution in [-0.4, -0.2) is 27.9 Å². The first-order valence-corrected chi connectivity index (χ1v) is 6.40. The number of nitrogens with one attached hydrogen (secondary N) is 1. The highest BCUT2D eigenvalue weighted by molar-refractivity contribution is 7.97. The zero-order valence-corrected chi connectivity index (χ0v) is 11.1. The molecule has 1 unspecified atom stereocenters. The van der Waals surface area contributed by atoms with E-state index in [2.05, 4.69) is 4.72 Å². The lowest BCUT2D eigenvalue weighted by atomic mass is 10.2. The summed E-state index contributed by atoms with van der Waals surface area (Å²) >= 11 is 0.839. The third kappa shape index (κ3) is 4.86. The Bertz CT molecular complexity index is 523. The second-order valence-electron chi connectivity index (χ2n) is 3.84. The molecule has 1 atom stereocenters. The summed E-state index contributed by atoms with van der Waals surface area (Å²) in [7, 11) is 0. The summed E-state index contributed by atoms with van der Waals surface area (Å²) in [5, 5.41) is 19.8. The van der Waals surface area contributed by atoms with Crippen LogP contribution in [0.1, 0.15) is 12.8 Å². The number of carboxylic acid groups (broad SMARTS) is 1. The fraction of sp³-hybridized carbons (Fsp3) is 0.273. The molecule has 0 saturated heterocycles. The summed E-state index contributed by atoms with van der Waals surface area (Å²) in [4.78, 5) is 32.2. The lowest BCUT2D eigenvalue weighted by Crippen LogP contribution is -2.33. The minimum atomic E-state index is -1.16. The maximum absolute atomic E-state index is 11.0. The van der Waals surface area contributed by atoms with Crippen LogP contribution in [0.2, 0.25) is 0 Å². The molecule has 0 spiro atoms. The van der Waals surface area contributed by atoms with Crippen LogP contribution in [0.15, 0.2) is 29.2 Å². The molecular formula is C11H13N3O5S. The molecule has 8 nitrogen and oxygen atoms in total. The molecule has 0 aliphatic rings. The Morgan fingerprint density at radius 1 is 1.45 bits per heavy atom. The fourth-order valence-electron chi connectivity index (χ4n) is 1.35. The maximum Gasteiger partial charge on any atom is 0.321 e. The SMILES string of the molecule is NC(=O)CCC(NSc1ccccc1[N+](=O)[O-])C(=O)O. The molecule has 0 radical (unpaired) electrons. The highest BCUT2D eigenvalue weighted by Crippen LogP contribution is 2.27. The van der Waals surface area contributed by atoms with Gasteiger partial charge in [0.25, 0.3) is 5.69 Å². The van der Waals surface area contributed by atoms with E-state index < -0.39 is 22.8 Å². The van der Waals surface area contributed by atoms with Gasteiger partial charge >= 0.3 is 5.97 Å². The summed E-state index contributed by atoms with van der Waals surface area (Å²) in [6, 6.07) is 4.93. The fourth-order valence-corrected chi connectivity index (χ4v) is 2.23. The van der Waals surface area contributed by atoms with Gasteiger partial charge in [0.1, 0.15) is 10.9 Å². The van der Waals surface area contributed by atoms with Crippen LogP contribution in [0.25, 0.3) is 0 Å². The summed E-state index contributed by atoms with van der Waals surface area (Å²) in [6.07, 6.45) is -0.0697. The van der Waals surface area contributed by atoms with Gasteiger partial charge in [0, 0.05) is 12.5 Å². The summed E-state index contributed by atoms with van der Waals surface area (Å²) in [5.41, 5.74) is 4.83. The molecule has 1 amide bonds. The van der Waals surface area contributed by atoms with Gasteiger partial charge in [0.15, 0.2) is 0 Å². The van der Waals surface area contributed by atoms with Crippen molar-refractivity contribution in [1.29, 1.82) is 0 Å². The van der Waals surface area contributed by atoms with Gasteiger partial charge in [-0.05, 0) is 24.4 Å². The summed E-state index contributed by atoms with van der Waals surface area (Å²) in [5.74, 6) is -1.76. The van der Waals surface area contributed by atoms with E-state index in [9.17, 15) is 19.7 Å². The molecule has 0 heterocycles. The van der Waals surface area contributed by atoms with Gasteiger partial charge in [0.2, 0.25) is 5.91 Å². The van der Waals surface area contributed by atoms with E-state index in [0.29, 0.717) is 4.90 Å². The number of carboxylic acids is 1. The Kier molecular flexibility index (Phi) is 5.94. The van der Waals surface area contributed by atoms with Crippen LogP contribution in [0.5, 0.6) is 0 Å². The largest absolute Gasteiger partial charge is 0.480 e. The third-order valence-corrected chi connectivity index (χ3v) is 3.32. The molecule has 0 fully saturated rings. The lowest BCUT2D eigenvalue weighted by Gasteiger charge is -2.12. The first-order chi connectivity index (χ1) is 9.41. The average molecular weight is 299 g/mol. The summed E-state index contributed by atoms with van der Waals surface area (Å²) in [6.45, 7) is 0. The van der Waals surface area contributed by atoms with E-state index in [-0.39, 0.29) is 18.5 Å². The number of primary amides is 1. The Morgan fingerprint density at radius 2 is 2.10 bits per heavy atom. The molecule has 0 aliphatic carbocycles. The molecule has 4 N–H and O–H groups in total. The van der Waals surface area contributed by atoms with Gasteiger partial charge in [-0.25, -0.2) is 4.72 Å². The minimum absolute atomic E-state index is 0.0122. The predicted octanol–water partition coefficient (Wildman–Crippen LogP) is 0.910. The number of hydrogen-bond acceptors (Lipinski definition) is 6. The highest BCUT2D eigenvalue weighted by atomic mass is 32.2. The number of aliphatic carboxylic acids is 1. The van der Waals surface area contributed by atoms with Crippen LogP contribution < -0.4 is 10.5 Å². The van der Waals surface area contributed by atoms with E-state index in [1.165, 1.54) is 18.2 Å². The molecule has 0 saturated carbocycles. The van der Waals surface area contributed by atoms with Crippen molar-refractivity contribution in [3.05, 3.63) is 34.4 Å². The molecule has 1 rings (SSSR count). The number of nitro groups is 1. The molecule has 0 aromatic heterocycles. The second-order valence-corrected chi connectivity index (χ2v) is 4.72. The number of nitrogens with zero attached hydrogens (tertiary/aromatic N) is 1. The third-order valence-electron chi connectivity index (χ3n) is 2.35. The standard InChI is InChI=1S/C11H13N3O5S/c12-10(15)6-5-7(11(16)17)13-20-9-4-2-1-3-8(9)14(18)19/h1-4,7,13H,5-6H2,(H2,12,15)(H,16,17). The molecule has 0 bridgehead atoms. The second kappa shape index (κ2) is 7.46. The summed E-state index contributed by atoms with van der Waals surface area (Å²) < 4.78 is 2.59. The van der Waals surface area contributed by atoms with Crippen LogP contribution in [0.4, 0.5) is 5.69 Å². The van der Waals surface area contributed by atoms with E-state index in [0.717, 1.165) is 11.9 Å². The number of nitro benzene ring substituents is 1. The van der Waals surface area contributed by atoms with E-state index in [4.69, 9.17) is 10.8 Å². The Labute approximate surface area is 118 Å². The van der Waals surface area contributed by atoms with Crippen LogP contribution in [0, 0.1) is 10.1 Å². The van der Waals surface area contributed by atoms with Crippen molar-refractivity contribution < 1.29 is 19.6 Å². The van der Waals surface area contributed by atoms with Gasteiger partial charge in [-0.2, -0.15) is 0 Å². The number of amides is 1. The van der Waals surface area contributed by atoms with E-state index in [1.54, 1.807) is 6.07 Å². The Balaban J connectivity index is 2.70. The molecule has 0 aliphatic heterocycles. The van der Waals surface area contributed by atoms with E-state index >= 15 is 0 Å². The normalized spacial score (nSPS) is 11.8. The maximum atomic E-state index is 11.0. The van der Waals surface area contributed by atoms with Crippen LogP contribution in [0.3, 0.4) is 0 Å². The number of carbonyl (C=O) groups is 2. The average Bonchev–Trinajstić information content (AvgIpc) is 2.38. The highest BCUT2D eigenvalue weighted by Gasteiger charge is 2.20. The van der Waals surface area contributed by atoms with Crippen molar-refractivity contribution in [2.75, 3.05) is 0 Å². The van der Waals surface area contributed by atoms with Gasteiger partial charge in [0.05, 0.1) is 4.92 Å². The molecule has 1 aromatic carbocycles. The first kappa shape index (κ1) is 15.9. The van der Waals surface area contributed by atoms with Gasteiger partial charge in [-0.1, -0.05) is 12.1 Å². The number of rotatable bonds is 8. The topological polar surface area (TPSA) is 136 Å². The zero-order chi connectivity index (χ0) is 15.1. The monoisotopic (exact) mass is 299 g/mol. The number of benzene rings is 1. The van der Waals surface area contributed by atoms with Crippen molar-refractivity contribution in [2.24, 2.45) is 5.73 Å². The van der Waals surface area contributed by atoms with E-state index in [1.807, 2.05) is 0 Å². The smallest absolute Gasteiger partial charge is 0.321 e. The minimum Gasteiger partial charge on any atom is -0.480 e. The number of nitrogens with two attached hydrogens (primary N) is 1. The molecule has 9 heteroatoms. The number of hydrogen-bond donors (Lipinski definition) is 3. The van der Waals surface area contributed by atoms with Crippen molar-refractivity contribution in [3.63, 3.8) is 0 Å². The van der Waals surface area contributed by atoms with Crippen LogP contribution >= 0.6 is 11.9 Å². The predicted molar refractivity (Wildman–Crippen MR) is 71.9 cm³/mol. The Morgan fingerprint density at radius 3 is 2.65 bits per heavy atom. The number of carbonyl (C=O) groups excluding carboxylic acids is 1. The molecular weight excluding hydrogens is 286 g/mol. The van der Waals surface area contributed by atoms with Crippen LogP contribution in [-0.2, 0) is 9.59 Å². The van der Waals surface area contributed by atoms with Gasteiger partial charge in [-0.3, -0.25) is 19.7 Å². The molecule has 1 aromatic rings. The van der Waals surface area contributed by atoms with Gasteiger partial charge in [-0.15, -0.1) is 0 Å². The quantitative estimate of drug-likeness (QED) is 0.368. The molecule has 20 heavy (non-hydrogen) atoms.